The molecule has 6 heteroatoms. The van der Waals surface area contributed by atoms with Crippen LogP contribution in [-0.4, -0.2) is 45.7 Å². The molecule has 1 fully saturated rings. The van der Waals surface area contributed by atoms with Crippen LogP contribution in [-0.2, 0) is 17.7 Å². The highest BCUT2D eigenvalue weighted by atomic mass is 16.5. The Morgan fingerprint density at radius 3 is 3.04 bits per heavy atom. The second-order valence-electron chi connectivity index (χ2n) is 6.66. The Morgan fingerprint density at radius 2 is 2.12 bits per heavy atom. The molecule has 6 nitrogen and oxygen atoms in total. The summed E-state index contributed by atoms with van der Waals surface area (Å²) < 4.78 is 5.89. The maximum atomic E-state index is 11.3. The molecular weight excluding hydrogens is 328 g/mol. The van der Waals surface area contributed by atoms with E-state index in [0.717, 1.165) is 56.0 Å². The number of ether oxygens (including phenoxy) is 1. The summed E-state index contributed by atoms with van der Waals surface area (Å²) in [4.78, 5) is 25.2. The van der Waals surface area contributed by atoms with Gasteiger partial charge in [-0.1, -0.05) is 24.3 Å². The third-order valence-corrected chi connectivity index (χ3v) is 4.72. The molecule has 0 spiro atoms. The molecule has 1 aliphatic heterocycles. The molecule has 26 heavy (non-hydrogen) atoms. The van der Waals surface area contributed by atoms with Crippen molar-refractivity contribution in [3.63, 3.8) is 0 Å². The number of rotatable bonds is 5. The summed E-state index contributed by atoms with van der Waals surface area (Å²) >= 11 is 0. The smallest absolute Gasteiger partial charge is 0.250 e. The van der Waals surface area contributed by atoms with Gasteiger partial charge in [-0.05, 0) is 25.0 Å². The quantitative estimate of drug-likeness (QED) is 0.763. The van der Waals surface area contributed by atoms with Crippen molar-refractivity contribution < 1.29 is 4.74 Å². The van der Waals surface area contributed by atoms with E-state index in [-0.39, 0.29) is 11.7 Å². The summed E-state index contributed by atoms with van der Waals surface area (Å²) in [6, 6.07) is 14.0. The number of benzene rings is 1. The van der Waals surface area contributed by atoms with E-state index in [1.807, 2.05) is 12.1 Å². The lowest BCUT2D eigenvalue weighted by molar-refractivity contribution is -0.0349. The van der Waals surface area contributed by atoms with Gasteiger partial charge in [-0.3, -0.25) is 14.7 Å². The van der Waals surface area contributed by atoms with Crippen LogP contribution in [0.5, 0.6) is 0 Å². The highest BCUT2D eigenvalue weighted by Crippen LogP contribution is 2.16. The van der Waals surface area contributed by atoms with Gasteiger partial charge in [-0.15, -0.1) is 0 Å². The predicted molar refractivity (Wildman–Crippen MR) is 99.9 cm³/mol. The first-order valence-corrected chi connectivity index (χ1v) is 8.98. The van der Waals surface area contributed by atoms with Crippen molar-refractivity contribution in [3.8, 4) is 0 Å². The Labute approximate surface area is 151 Å². The summed E-state index contributed by atoms with van der Waals surface area (Å²) in [6.45, 7) is 3.33. The topological polar surface area (TPSA) is 71.1 Å². The van der Waals surface area contributed by atoms with Crippen molar-refractivity contribution in [2.24, 2.45) is 0 Å². The SMILES string of the molecule is O=c1cc(CCC2CN(Cc3ccc4ccccc4n3)CCO2)nc[nH]1. The van der Waals surface area contributed by atoms with Gasteiger partial charge in [-0.2, -0.15) is 0 Å². The predicted octanol–water partition coefficient (Wildman–Crippen LogP) is 2.15. The molecule has 2 aromatic heterocycles. The van der Waals surface area contributed by atoms with Gasteiger partial charge in [0.05, 0.1) is 30.2 Å². The molecular formula is C20H22N4O2. The normalized spacial score (nSPS) is 18.2. The van der Waals surface area contributed by atoms with Crippen LogP contribution in [0.15, 0.2) is 53.6 Å². The van der Waals surface area contributed by atoms with Gasteiger partial charge >= 0.3 is 0 Å². The highest BCUT2D eigenvalue weighted by molar-refractivity contribution is 5.78. The fourth-order valence-corrected chi connectivity index (χ4v) is 3.38. The lowest BCUT2D eigenvalue weighted by Gasteiger charge is -2.32. The van der Waals surface area contributed by atoms with E-state index in [0.29, 0.717) is 0 Å². The van der Waals surface area contributed by atoms with Crippen LogP contribution in [0.1, 0.15) is 17.8 Å². The first-order chi connectivity index (χ1) is 12.8. The molecule has 1 saturated heterocycles. The average Bonchev–Trinajstić information content (AvgIpc) is 2.67. The van der Waals surface area contributed by atoms with Gasteiger partial charge in [0, 0.05) is 36.8 Å². The van der Waals surface area contributed by atoms with Crippen molar-refractivity contribution >= 4 is 10.9 Å². The van der Waals surface area contributed by atoms with E-state index in [1.54, 1.807) is 6.07 Å². The minimum Gasteiger partial charge on any atom is -0.376 e. The Hall–Kier alpha value is -2.57. The number of nitrogens with one attached hydrogen (secondary N) is 1. The molecule has 0 saturated carbocycles. The van der Waals surface area contributed by atoms with E-state index in [2.05, 4.69) is 39.1 Å². The Bertz CT molecular complexity index is 940. The number of H-pyrrole nitrogens is 1. The first kappa shape index (κ1) is 16.9. The molecule has 1 aromatic carbocycles. The maximum absolute atomic E-state index is 11.3. The van der Waals surface area contributed by atoms with E-state index in [1.165, 1.54) is 11.7 Å². The number of aryl methyl sites for hydroxylation is 1. The number of pyridine rings is 1. The minimum absolute atomic E-state index is 0.108. The number of hydrogen-bond donors (Lipinski definition) is 1. The Morgan fingerprint density at radius 1 is 1.19 bits per heavy atom. The Kier molecular flexibility index (Phi) is 5.04. The molecule has 1 unspecified atom stereocenters. The molecule has 0 aliphatic carbocycles. The van der Waals surface area contributed by atoms with Crippen LogP contribution >= 0.6 is 0 Å². The number of nitrogens with zero attached hydrogens (tertiary/aromatic N) is 3. The van der Waals surface area contributed by atoms with E-state index >= 15 is 0 Å². The lowest BCUT2D eigenvalue weighted by Crippen LogP contribution is -2.42. The van der Waals surface area contributed by atoms with E-state index < -0.39 is 0 Å². The van der Waals surface area contributed by atoms with Crippen molar-refractivity contribution in [2.45, 2.75) is 25.5 Å². The third kappa shape index (κ3) is 4.15. The monoisotopic (exact) mass is 350 g/mol. The van der Waals surface area contributed by atoms with Crippen LogP contribution in [0.4, 0.5) is 0 Å². The molecule has 4 rings (SSSR count). The van der Waals surface area contributed by atoms with Crippen molar-refractivity contribution in [3.05, 3.63) is 70.5 Å². The van der Waals surface area contributed by atoms with Crippen LogP contribution in [0.2, 0.25) is 0 Å². The molecule has 3 aromatic rings. The highest BCUT2D eigenvalue weighted by Gasteiger charge is 2.21. The molecule has 3 heterocycles. The number of morpholine rings is 1. The largest absolute Gasteiger partial charge is 0.376 e. The minimum atomic E-state index is -0.108. The van der Waals surface area contributed by atoms with E-state index in [4.69, 9.17) is 9.72 Å². The number of hydrogen-bond acceptors (Lipinski definition) is 5. The zero-order valence-corrected chi connectivity index (χ0v) is 14.6. The van der Waals surface area contributed by atoms with Gasteiger partial charge in [0.1, 0.15) is 0 Å². The number of para-hydroxylation sites is 1. The summed E-state index contributed by atoms with van der Waals surface area (Å²) in [5, 5.41) is 1.17. The zero-order valence-electron chi connectivity index (χ0n) is 14.6. The van der Waals surface area contributed by atoms with Crippen molar-refractivity contribution in [1.29, 1.82) is 0 Å². The van der Waals surface area contributed by atoms with Crippen molar-refractivity contribution in [2.75, 3.05) is 19.7 Å². The molecule has 0 radical (unpaired) electrons. The van der Waals surface area contributed by atoms with Crippen LogP contribution < -0.4 is 5.56 Å². The molecule has 1 aliphatic rings. The van der Waals surface area contributed by atoms with Gasteiger partial charge < -0.3 is 9.72 Å². The van der Waals surface area contributed by atoms with Gasteiger partial charge in [0.2, 0.25) is 0 Å². The molecule has 1 N–H and O–H groups in total. The fraction of sp³-hybridized carbons (Fsp3) is 0.350. The second kappa shape index (κ2) is 7.76. The van der Waals surface area contributed by atoms with Gasteiger partial charge in [0.25, 0.3) is 5.56 Å². The maximum Gasteiger partial charge on any atom is 0.250 e. The molecule has 0 amide bonds. The van der Waals surface area contributed by atoms with Gasteiger partial charge in [0.15, 0.2) is 0 Å². The molecule has 134 valence electrons. The summed E-state index contributed by atoms with van der Waals surface area (Å²) in [6.07, 6.45) is 3.22. The lowest BCUT2D eigenvalue weighted by atomic mass is 10.1. The number of aromatic amines is 1. The molecule has 0 bridgehead atoms. The van der Waals surface area contributed by atoms with Crippen LogP contribution in [0.25, 0.3) is 10.9 Å². The second-order valence-corrected chi connectivity index (χ2v) is 6.66. The van der Waals surface area contributed by atoms with E-state index in [9.17, 15) is 4.79 Å². The van der Waals surface area contributed by atoms with Crippen molar-refractivity contribution in [1.82, 2.24) is 19.9 Å². The summed E-state index contributed by atoms with van der Waals surface area (Å²) in [5.74, 6) is 0. The molecule has 1 atom stereocenters. The van der Waals surface area contributed by atoms with Crippen LogP contribution in [0, 0.1) is 0 Å². The summed E-state index contributed by atoms with van der Waals surface area (Å²) in [7, 11) is 0. The van der Waals surface area contributed by atoms with Gasteiger partial charge in [-0.25, -0.2) is 4.98 Å². The first-order valence-electron chi connectivity index (χ1n) is 8.98. The standard InChI is InChI=1S/C20H22N4O2/c25-20-11-16(21-14-22-20)7-8-18-13-24(9-10-26-18)12-17-6-5-15-3-1-2-4-19(15)23-17/h1-6,11,14,18H,7-10,12-13H2,(H,21,22,25). The number of fused-ring (bicyclic) bond motifs is 1. The third-order valence-electron chi connectivity index (χ3n) is 4.72. The van der Waals surface area contributed by atoms with Crippen LogP contribution in [0.3, 0.4) is 0 Å². The number of aromatic nitrogens is 3. The fourth-order valence-electron chi connectivity index (χ4n) is 3.38. The summed E-state index contributed by atoms with van der Waals surface area (Å²) in [5.41, 5.74) is 2.82. The Balaban J connectivity index is 1.36. The average molecular weight is 350 g/mol. The zero-order chi connectivity index (χ0) is 17.8.